The molecule has 1 N–H and O–H groups in total. The van der Waals surface area contributed by atoms with Crippen LogP contribution in [0.15, 0.2) is 48.5 Å². The van der Waals surface area contributed by atoms with Gasteiger partial charge in [0.15, 0.2) is 0 Å². The van der Waals surface area contributed by atoms with E-state index in [0.29, 0.717) is 25.1 Å². The summed E-state index contributed by atoms with van der Waals surface area (Å²) < 4.78 is 26.0. The first-order valence-corrected chi connectivity index (χ1v) is 13.0. The van der Waals surface area contributed by atoms with Gasteiger partial charge in [-0.15, -0.1) is 0 Å². The first-order valence-electron chi connectivity index (χ1n) is 11.2. The monoisotopic (exact) mass is 473 g/mol. The zero-order chi connectivity index (χ0) is 24.6. The Morgan fingerprint density at radius 3 is 2.00 bits per heavy atom. The van der Waals surface area contributed by atoms with Crippen LogP contribution in [0.1, 0.15) is 42.9 Å². The van der Waals surface area contributed by atoms with Crippen molar-refractivity contribution in [1.29, 1.82) is 0 Å². The number of benzene rings is 2. The van der Waals surface area contributed by atoms with E-state index in [0.717, 1.165) is 22.9 Å². The molecule has 7 nitrogen and oxygen atoms in total. The fraction of sp³-hybridized carbons (Fsp3) is 0.440. The smallest absolute Gasteiger partial charge is 0.242 e. The maximum Gasteiger partial charge on any atom is 0.242 e. The van der Waals surface area contributed by atoms with Crippen molar-refractivity contribution in [3.8, 4) is 0 Å². The summed E-state index contributed by atoms with van der Waals surface area (Å²) in [6.07, 6.45) is 2.12. The Morgan fingerprint density at radius 1 is 0.970 bits per heavy atom. The number of hydrogen-bond donors (Lipinski definition) is 1. The highest BCUT2D eigenvalue weighted by Crippen LogP contribution is 2.20. The number of sulfonamides is 1. The van der Waals surface area contributed by atoms with E-state index in [1.807, 2.05) is 57.2 Å². The van der Waals surface area contributed by atoms with E-state index >= 15 is 0 Å². The number of hydrogen-bond acceptors (Lipinski definition) is 4. The summed E-state index contributed by atoms with van der Waals surface area (Å²) in [5.41, 5.74) is 3.67. The average molecular weight is 474 g/mol. The van der Waals surface area contributed by atoms with Crippen LogP contribution in [0.25, 0.3) is 0 Å². The zero-order valence-corrected chi connectivity index (χ0v) is 21.0. The molecule has 0 aliphatic carbocycles. The average Bonchev–Trinajstić information content (AvgIpc) is 2.77. The third-order valence-electron chi connectivity index (χ3n) is 5.58. The van der Waals surface area contributed by atoms with Gasteiger partial charge in [-0.1, -0.05) is 54.4 Å². The van der Waals surface area contributed by atoms with Crippen LogP contribution < -0.4 is 9.62 Å². The van der Waals surface area contributed by atoms with Crippen molar-refractivity contribution in [3.05, 3.63) is 65.2 Å². The van der Waals surface area contributed by atoms with Gasteiger partial charge in [0.25, 0.3) is 0 Å². The standard InChI is InChI=1S/C25H35N3O4S/c1-6-23(25(30)26-4)27(18-21-13-9-19(2)10-14-21)24(29)8-7-17-28(33(5,31)32)22-15-11-20(3)12-16-22/h9-16,23H,6-8,17-18H2,1-5H3,(H,26,30)/t23-/m1/s1. The number of carbonyl (C=O) groups excluding carboxylic acids is 2. The van der Waals surface area contributed by atoms with Crippen molar-refractivity contribution >= 4 is 27.5 Å². The van der Waals surface area contributed by atoms with E-state index in [4.69, 9.17) is 0 Å². The molecule has 0 saturated heterocycles. The molecule has 1 atom stereocenters. The van der Waals surface area contributed by atoms with Gasteiger partial charge >= 0.3 is 0 Å². The van der Waals surface area contributed by atoms with Crippen LogP contribution in [-0.2, 0) is 26.2 Å². The van der Waals surface area contributed by atoms with Crippen LogP contribution in [0.3, 0.4) is 0 Å². The number of aryl methyl sites for hydroxylation is 2. The fourth-order valence-electron chi connectivity index (χ4n) is 3.69. The van der Waals surface area contributed by atoms with Crippen LogP contribution in [0.5, 0.6) is 0 Å². The maximum atomic E-state index is 13.2. The molecule has 33 heavy (non-hydrogen) atoms. The van der Waals surface area contributed by atoms with Crippen LogP contribution >= 0.6 is 0 Å². The predicted octanol–water partition coefficient (Wildman–Crippen LogP) is 3.40. The highest BCUT2D eigenvalue weighted by molar-refractivity contribution is 7.92. The summed E-state index contributed by atoms with van der Waals surface area (Å²) in [6, 6.07) is 14.5. The number of likely N-dealkylation sites (N-methyl/N-ethyl adjacent to an activating group) is 1. The van der Waals surface area contributed by atoms with Crippen LogP contribution in [0.4, 0.5) is 5.69 Å². The van der Waals surface area contributed by atoms with Gasteiger partial charge in [0.05, 0.1) is 11.9 Å². The fourth-order valence-corrected chi connectivity index (χ4v) is 4.66. The Bertz CT molecular complexity index is 1030. The molecule has 0 spiro atoms. The minimum Gasteiger partial charge on any atom is -0.357 e. The Balaban J connectivity index is 2.17. The molecular weight excluding hydrogens is 438 g/mol. The first kappa shape index (κ1) is 26.4. The largest absolute Gasteiger partial charge is 0.357 e. The summed E-state index contributed by atoms with van der Waals surface area (Å²) >= 11 is 0. The molecular formula is C25H35N3O4S. The third kappa shape index (κ3) is 7.60. The van der Waals surface area contributed by atoms with E-state index in [2.05, 4.69) is 5.32 Å². The lowest BCUT2D eigenvalue weighted by Crippen LogP contribution is -2.48. The molecule has 2 aromatic rings. The SMILES string of the molecule is CC[C@H](C(=O)NC)N(Cc1ccc(C)cc1)C(=O)CCCN(c1ccc(C)cc1)S(C)(=O)=O. The van der Waals surface area contributed by atoms with E-state index in [1.165, 1.54) is 4.31 Å². The molecule has 2 amide bonds. The first-order chi connectivity index (χ1) is 15.6. The molecule has 0 bridgehead atoms. The molecule has 0 aromatic heterocycles. The second-order valence-corrected chi connectivity index (χ2v) is 10.2. The minimum atomic E-state index is -3.50. The molecule has 0 fully saturated rings. The van der Waals surface area contributed by atoms with Gasteiger partial charge in [0, 0.05) is 26.6 Å². The lowest BCUT2D eigenvalue weighted by atomic mass is 10.1. The van der Waals surface area contributed by atoms with Gasteiger partial charge in [-0.25, -0.2) is 8.42 Å². The normalized spacial score (nSPS) is 12.2. The summed E-state index contributed by atoms with van der Waals surface area (Å²) in [5.74, 6) is -0.390. The van der Waals surface area contributed by atoms with Crippen molar-refractivity contribution in [2.45, 2.75) is 52.6 Å². The molecule has 2 rings (SSSR count). The van der Waals surface area contributed by atoms with Gasteiger partial charge in [-0.05, 0) is 44.4 Å². The van der Waals surface area contributed by atoms with Crippen molar-refractivity contribution in [1.82, 2.24) is 10.2 Å². The number of rotatable bonds is 11. The van der Waals surface area contributed by atoms with Gasteiger partial charge < -0.3 is 10.2 Å². The van der Waals surface area contributed by atoms with Gasteiger partial charge in [-0.2, -0.15) is 0 Å². The number of anilines is 1. The Hall–Kier alpha value is -2.87. The van der Waals surface area contributed by atoms with Gasteiger partial charge in [-0.3, -0.25) is 13.9 Å². The maximum absolute atomic E-state index is 13.2. The van der Waals surface area contributed by atoms with Crippen molar-refractivity contribution in [2.75, 3.05) is 24.2 Å². The minimum absolute atomic E-state index is 0.136. The number of nitrogens with one attached hydrogen (secondary N) is 1. The Kier molecular flexibility index (Phi) is 9.46. The van der Waals surface area contributed by atoms with Crippen LogP contribution in [0, 0.1) is 13.8 Å². The quantitative estimate of drug-likeness (QED) is 0.542. The van der Waals surface area contributed by atoms with Crippen LogP contribution in [-0.4, -0.2) is 51.0 Å². The summed E-state index contributed by atoms with van der Waals surface area (Å²) in [6.45, 7) is 6.31. The predicted molar refractivity (Wildman–Crippen MR) is 132 cm³/mol. The summed E-state index contributed by atoms with van der Waals surface area (Å²) in [5, 5.41) is 2.65. The molecule has 0 saturated carbocycles. The molecule has 8 heteroatoms. The zero-order valence-electron chi connectivity index (χ0n) is 20.2. The summed E-state index contributed by atoms with van der Waals surface area (Å²) in [7, 11) is -1.94. The molecule has 0 heterocycles. The molecule has 0 radical (unpaired) electrons. The lowest BCUT2D eigenvalue weighted by Gasteiger charge is -2.31. The second kappa shape index (κ2) is 11.8. The molecule has 0 aliphatic rings. The Labute approximate surface area is 197 Å². The molecule has 0 unspecified atom stereocenters. The van der Waals surface area contributed by atoms with E-state index in [1.54, 1.807) is 24.1 Å². The van der Waals surface area contributed by atoms with Crippen molar-refractivity contribution in [2.24, 2.45) is 0 Å². The molecule has 0 aliphatic heterocycles. The van der Waals surface area contributed by atoms with Gasteiger partial charge in [0.2, 0.25) is 21.8 Å². The highest BCUT2D eigenvalue weighted by Gasteiger charge is 2.28. The second-order valence-electron chi connectivity index (χ2n) is 8.32. The topological polar surface area (TPSA) is 86.8 Å². The highest BCUT2D eigenvalue weighted by atomic mass is 32.2. The molecule has 180 valence electrons. The van der Waals surface area contributed by atoms with Crippen LogP contribution in [0.2, 0.25) is 0 Å². The van der Waals surface area contributed by atoms with E-state index in [9.17, 15) is 18.0 Å². The number of carbonyl (C=O) groups is 2. The van der Waals surface area contributed by atoms with Gasteiger partial charge in [0.1, 0.15) is 6.04 Å². The number of nitrogens with zero attached hydrogens (tertiary/aromatic N) is 2. The number of amides is 2. The van der Waals surface area contributed by atoms with E-state index in [-0.39, 0.29) is 24.8 Å². The van der Waals surface area contributed by atoms with E-state index < -0.39 is 16.1 Å². The lowest BCUT2D eigenvalue weighted by molar-refractivity contribution is -0.141. The third-order valence-corrected chi connectivity index (χ3v) is 6.77. The summed E-state index contributed by atoms with van der Waals surface area (Å²) in [4.78, 5) is 27.3. The van der Waals surface area contributed by atoms with Crippen molar-refractivity contribution in [3.63, 3.8) is 0 Å². The molecule has 2 aromatic carbocycles. The Morgan fingerprint density at radius 2 is 1.52 bits per heavy atom. The van der Waals surface area contributed by atoms with Crippen molar-refractivity contribution < 1.29 is 18.0 Å².